The van der Waals surface area contributed by atoms with Gasteiger partial charge in [0.1, 0.15) is 5.79 Å². The second-order valence-electron chi connectivity index (χ2n) is 3.52. The van der Waals surface area contributed by atoms with Crippen molar-refractivity contribution in [2.24, 2.45) is 11.5 Å². The summed E-state index contributed by atoms with van der Waals surface area (Å²) in [4.78, 5) is 0. The van der Waals surface area contributed by atoms with Crippen LogP contribution in [0.1, 0.15) is 39.0 Å². The van der Waals surface area contributed by atoms with Crippen molar-refractivity contribution in [1.82, 2.24) is 5.32 Å². The van der Waals surface area contributed by atoms with E-state index in [9.17, 15) is 0 Å². The van der Waals surface area contributed by atoms with Crippen molar-refractivity contribution in [3.05, 3.63) is 0 Å². The van der Waals surface area contributed by atoms with Crippen LogP contribution in [0.3, 0.4) is 0 Å². The third kappa shape index (κ3) is 2.77. The van der Waals surface area contributed by atoms with E-state index in [4.69, 9.17) is 11.5 Å². The lowest BCUT2D eigenvalue weighted by molar-refractivity contribution is 0.291. The van der Waals surface area contributed by atoms with Crippen LogP contribution in [0.5, 0.6) is 0 Å². The first kappa shape index (κ1) is 8.97. The van der Waals surface area contributed by atoms with Gasteiger partial charge in [-0.05, 0) is 19.3 Å². The lowest BCUT2D eigenvalue weighted by atomic mass is 10.2. The quantitative estimate of drug-likeness (QED) is 0.523. The molecule has 0 amide bonds. The van der Waals surface area contributed by atoms with Gasteiger partial charge < -0.3 is 11.5 Å². The van der Waals surface area contributed by atoms with Crippen molar-refractivity contribution in [3.8, 4) is 0 Å². The Labute approximate surface area is 68.5 Å². The number of nitrogens with two attached hydrogens (primary N) is 2. The molecule has 0 bridgehead atoms. The molecular formula is C8H19N3. The van der Waals surface area contributed by atoms with E-state index in [1.54, 1.807) is 0 Å². The number of rotatable bonds is 3. The Kier molecular flexibility index (Phi) is 2.87. The van der Waals surface area contributed by atoms with Gasteiger partial charge in [-0.25, -0.2) is 0 Å². The predicted octanol–water partition coefficient (Wildman–Crippen LogP) is 0.500. The molecule has 0 heterocycles. The van der Waals surface area contributed by atoms with Gasteiger partial charge in [-0.3, -0.25) is 5.32 Å². The van der Waals surface area contributed by atoms with E-state index in [0.717, 1.165) is 6.42 Å². The van der Waals surface area contributed by atoms with Crippen LogP contribution in [0.25, 0.3) is 0 Å². The summed E-state index contributed by atoms with van der Waals surface area (Å²) in [7, 11) is 0. The van der Waals surface area contributed by atoms with Gasteiger partial charge in [0.15, 0.2) is 0 Å². The van der Waals surface area contributed by atoms with Gasteiger partial charge in [0.2, 0.25) is 0 Å². The molecule has 0 saturated heterocycles. The normalized spacial score (nSPS) is 21.0. The molecule has 1 aliphatic rings. The van der Waals surface area contributed by atoms with Crippen LogP contribution in [0.15, 0.2) is 0 Å². The number of hydrogen-bond donors (Lipinski definition) is 3. The van der Waals surface area contributed by atoms with Crippen LogP contribution >= 0.6 is 0 Å². The first-order chi connectivity index (χ1) is 5.14. The summed E-state index contributed by atoms with van der Waals surface area (Å²) in [5, 5.41) is 3.26. The van der Waals surface area contributed by atoms with E-state index < -0.39 is 5.79 Å². The molecule has 0 aliphatic heterocycles. The maximum absolute atomic E-state index is 5.76. The summed E-state index contributed by atoms with van der Waals surface area (Å²) in [5.74, 6) is -0.644. The summed E-state index contributed by atoms with van der Waals surface area (Å²) in [6.45, 7) is 2.00. The van der Waals surface area contributed by atoms with Crippen LogP contribution < -0.4 is 16.8 Å². The Morgan fingerprint density at radius 1 is 1.36 bits per heavy atom. The van der Waals surface area contributed by atoms with E-state index in [2.05, 4.69) is 5.32 Å². The molecule has 0 radical (unpaired) electrons. The van der Waals surface area contributed by atoms with Gasteiger partial charge in [-0.1, -0.05) is 19.8 Å². The lowest BCUT2D eigenvalue weighted by Gasteiger charge is -2.28. The molecular weight excluding hydrogens is 138 g/mol. The molecule has 1 saturated carbocycles. The lowest BCUT2D eigenvalue weighted by Crippen LogP contribution is -2.63. The standard InChI is InChI=1S/C8H19N3/c1-2-8(9,10)11-7-5-3-4-6-7/h7,11H,2-6,9-10H2,1H3. The van der Waals surface area contributed by atoms with Gasteiger partial charge in [0.25, 0.3) is 0 Å². The molecule has 3 heteroatoms. The van der Waals surface area contributed by atoms with E-state index in [1.807, 2.05) is 6.92 Å². The molecule has 0 atom stereocenters. The minimum atomic E-state index is -0.644. The zero-order valence-corrected chi connectivity index (χ0v) is 7.27. The molecule has 1 aliphatic carbocycles. The van der Waals surface area contributed by atoms with Crippen LogP contribution in [0.4, 0.5) is 0 Å². The third-order valence-corrected chi connectivity index (χ3v) is 2.41. The van der Waals surface area contributed by atoms with Crippen molar-refractivity contribution in [2.45, 2.75) is 50.9 Å². The molecule has 5 N–H and O–H groups in total. The van der Waals surface area contributed by atoms with E-state index in [1.165, 1.54) is 25.7 Å². The van der Waals surface area contributed by atoms with Gasteiger partial charge in [-0.2, -0.15) is 0 Å². The Morgan fingerprint density at radius 3 is 2.36 bits per heavy atom. The van der Waals surface area contributed by atoms with Crippen LogP contribution in [-0.4, -0.2) is 11.8 Å². The molecule has 0 aromatic carbocycles. The van der Waals surface area contributed by atoms with E-state index >= 15 is 0 Å². The van der Waals surface area contributed by atoms with E-state index in [0.29, 0.717) is 6.04 Å². The highest BCUT2D eigenvalue weighted by molar-refractivity contribution is 4.81. The highest BCUT2D eigenvalue weighted by Crippen LogP contribution is 2.18. The summed E-state index contributed by atoms with van der Waals surface area (Å²) >= 11 is 0. The van der Waals surface area contributed by atoms with Crippen molar-refractivity contribution in [3.63, 3.8) is 0 Å². The second-order valence-corrected chi connectivity index (χ2v) is 3.52. The first-order valence-corrected chi connectivity index (χ1v) is 4.49. The Morgan fingerprint density at radius 2 is 1.91 bits per heavy atom. The summed E-state index contributed by atoms with van der Waals surface area (Å²) in [6.07, 6.45) is 5.88. The Hall–Kier alpha value is -0.120. The molecule has 3 nitrogen and oxygen atoms in total. The minimum absolute atomic E-state index is 0.560. The van der Waals surface area contributed by atoms with Crippen molar-refractivity contribution in [1.29, 1.82) is 0 Å². The zero-order valence-electron chi connectivity index (χ0n) is 7.27. The Bertz CT molecular complexity index is 117. The second kappa shape index (κ2) is 3.52. The van der Waals surface area contributed by atoms with Crippen LogP contribution in [0, 0.1) is 0 Å². The van der Waals surface area contributed by atoms with Gasteiger partial charge in [-0.15, -0.1) is 0 Å². The minimum Gasteiger partial charge on any atom is -0.301 e. The average Bonchev–Trinajstić information content (AvgIpc) is 2.39. The summed E-state index contributed by atoms with van der Waals surface area (Å²) in [5.41, 5.74) is 11.5. The monoisotopic (exact) mass is 157 g/mol. The molecule has 66 valence electrons. The summed E-state index contributed by atoms with van der Waals surface area (Å²) in [6, 6.07) is 0.560. The smallest absolute Gasteiger partial charge is 0.118 e. The number of hydrogen-bond acceptors (Lipinski definition) is 3. The zero-order chi connectivity index (χ0) is 8.32. The molecule has 1 fully saturated rings. The van der Waals surface area contributed by atoms with Crippen molar-refractivity contribution >= 4 is 0 Å². The fourth-order valence-corrected chi connectivity index (χ4v) is 1.55. The molecule has 0 spiro atoms. The van der Waals surface area contributed by atoms with Crippen LogP contribution in [0.2, 0.25) is 0 Å². The van der Waals surface area contributed by atoms with Crippen LogP contribution in [-0.2, 0) is 0 Å². The largest absolute Gasteiger partial charge is 0.301 e. The highest BCUT2D eigenvalue weighted by atomic mass is 15.2. The molecule has 11 heavy (non-hydrogen) atoms. The first-order valence-electron chi connectivity index (χ1n) is 4.49. The van der Waals surface area contributed by atoms with Gasteiger partial charge in [0.05, 0.1) is 0 Å². The van der Waals surface area contributed by atoms with Gasteiger partial charge >= 0.3 is 0 Å². The maximum atomic E-state index is 5.76. The fourth-order valence-electron chi connectivity index (χ4n) is 1.55. The fraction of sp³-hybridized carbons (Fsp3) is 1.00. The maximum Gasteiger partial charge on any atom is 0.118 e. The molecule has 0 aromatic rings. The number of nitrogens with one attached hydrogen (secondary N) is 1. The van der Waals surface area contributed by atoms with E-state index in [-0.39, 0.29) is 0 Å². The van der Waals surface area contributed by atoms with Crippen molar-refractivity contribution in [2.75, 3.05) is 0 Å². The third-order valence-electron chi connectivity index (χ3n) is 2.41. The SMILES string of the molecule is CCC(N)(N)NC1CCCC1. The average molecular weight is 157 g/mol. The molecule has 0 aromatic heterocycles. The Balaban J connectivity index is 2.28. The summed E-state index contributed by atoms with van der Waals surface area (Å²) < 4.78 is 0. The topological polar surface area (TPSA) is 64.1 Å². The van der Waals surface area contributed by atoms with Gasteiger partial charge in [0, 0.05) is 6.04 Å². The molecule has 1 rings (SSSR count). The predicted molar refractivity (Wildman–Crippen MR) is 46.8 cm³/mol. The highest BCUT2D eigenvalue weighted by Gasteiger charge is 2.23. The molecule has 0 unspecified atom stereocenters. The van der Waals surface area contributed by atoms with Crippen molar-refractivity contribution < 1.29 is 0 Å².